The molecule has 0 amide bonds. The molecule has 0 spiro atoms. The first kappa shape index (κ1) is 16.2. The van der Waals surface area contributed by atoms with Gasteiger partial charge in [0.25, 0.3) is 0 Å². The van der Waals surface area contributed by atoms with E-state index < -0.39 is 27.0 Å². The Morgan fingerprint density at radius 2 is 1.71 bits per heavy atom. The Hall–Kier alpha value is -1.18. The number of nitrogen functional groups attached to an aromatic ring is 1. The maximum absolute atomic E-state index is 14.0. The van der Waals surface area contributed by atoms with E-state index in [-0.39, 0.29) is 23.7 Å². The number of ether oxygens (including phenoxy) is 1. The van der Waals surface area contributed by atoms with Crippen LogP contribution in [0.1, 0.15) is 27.7 Å². The van der Waals surface area contributed by atoms with Crippen LogP contribution in [0, 0.1) is 5.82 Å². The van der Waals surface area contributed by atoms with Crippen LogP contribution in [-0.4, -0.2) is 37.0 Å². The summed E-state index contributed by atoms with van der Waals surface area (Å²) in [6.45, 7) is 7.60. The van der Waals surface area contributed by atoms with Gasteiger partial charge in [-0.2, -0.15) is 4.31 Å². The van der Waals surface area contributed by atoms with E-state index in [0.29, 0.717) is 0 Å². The van der Waals surface area contributed by atoms with Gasteiger partial charge in [-0.3, -0.25) is 0 Å². The van der Waals surface area contributed by atoms with Crippen LogP contribution >= 0.6 is 0 Å². The fraction of sp³-hybridized carbons (Fsp3) is 0.571. The zero-order valence-corrected chi connectivity index (χ0v) is 13.5. The molecule has 1 saturated heterocycles. The van der Waals surface area contributed by atoms with Crippen molar-refractivity contribution < 1.29 is 17.5 Å². The van der Waals surface area contributed by atoms with E-state index in [0.717, 1.165) is 6.07 Å². The summed E-state index contributed by atoms with van der Waals surface area (Å²) in [7, 11) is -3.93. The Morgan fingerprint density at radius 3 is 2.19 bits per heavy atom. The molecule has 2 rings (SSSR count). The second-order valence-electron chi connectivity index (χ2n) is 6.58. The van der Waals surface area contributed by atoms with Crippen LogP contribution in [0.5, 0.6) is 0 Å². The minimum atomic E-state index is -3.93. The van der Waals surface area contributed by atoms with Crippen molar-refractivity contribution in [1.29, 1.82) is 0 Å². The predicted octanol–water partition coefficient (Wildman–Crippen LogP) is 1.99. The Labute approximate surface area is 124 Å². The van der Waals surface area contributed by atoms with Gasteiger partial charge in [-0.25, -0.2) is 12.8 Å². The van der Waals surface area contributed by atoms with Gasteiger partial charge in [0.05, 0.1) is 11.2 Å². The summed E-state index contributed by atoms with van der Waals surface area (Å²) < 4.78 is 46.5. The number of halogens is 1. The number of morpholine rings is 1. The number of hydrogen-bond acceptors (Lipinski definition) is 4. The molecule has 7 heteroatoms. The van der Waals surface area contributed by atoms with Gasteiger partial charge < -0.3 is 10.5 Å². The van der Waals surface area contributed by atoms with Gasteiger partial charge in [-0.15, -0.1) is 0 Å². The fourth-order valence-corrected chi connectivity index (χ4v) is 4.54. The quantitative estimate of drug-likeness (QED) is 0.847. The standard InChI is InChI=1S/C14H21FN2O3S/c1-13(2)8-17(9-14(3,4)20-13)21(18,19)12-6-5-10(16)7-11(12)15/h5-7H,8-9,16H2,1-4H3. The van der Waals surface area contributed by atoms with Crippen molar-refractivity contribution in [2.24, 2.45) is 0 Å². The van der Waals surface area contributed by atoms with E-state index in [2.05, 4.69) is 0 Å². The Balaban J connectivity index is 2.43. The number of anilines is 1. The molecule has 1 aromatic carbocycles. The summed E-state index contributed by atoms with van der Waals surface area (Å²) >= 11 is 0. The number of rotatable bonds is 2. The Bertz CT molecular complexity index is 640. The lowest BCUT2D eigenvalue weighted by molar-refractivity contribution is -0.163. The maximum atomic E-state index is 14.0. The maximum Gasteiger partial charge on any atom is 0.246 e. The van der Waals surface area contributed by atoms with Crippen LogP contribution in [0.25, 0.3) is 0 Å². The lowest BCUT2D eigenvalue weighted by Crippen LogP contribution is -2.58. The van der Waals surface area contributed by atoms with E-state index in [1.807, 2.05) is 27.7 Å². The number of nitrogens with two attached hydrogens (primary N) is 1. The lowest BCUT2D eigenvalue weighted by Gasteiger charge is -2.46. The number of sulfonamides is 1. The van der Waals surface area contributed by atoms with E-state index in [1.165, 1.54) is 16.4 Å². The average molecular weight is 316 g/mol. The zero-order valence-electron chi connectivity index (χ0n) is 12.7. The third kappa shape index (κ3) is 3.36. The second kappa shape index (κ2) is 4.93. The number of hydrogen-bond donors (Lipinski definition) is 1. The van der Waals surface area contributed by atoms with Gasteiger partial charge in [-0.1, -0.05) is 0 Å². The monoisotopic (exact) mass is 316 g/mol. The van der Waals surface area contributed by atoms with Crippen molar-refractivity contribution in [3.63, 3.8) is 0 Å². The van der Waals surface area contributed by atoms with Crippen molar-refractivity contribution in [2.45, 2.75) is 43.8 Å². The summed E-state index contributed by atoms with van der Waals surface area (Å²) in [6, 6.07) is 3.60. The summed E-state index contributed by atoms with van der Waals surface area (Å²) in [5, 5.41) is 0. The third-order valence-electron chi connectivity index (χ3n) is 3.24. The molecule has 0 aromatic heterocycles. The van der Waals surface area contributed by atoms with Gasteiger partial charge in [0.2, 0.25) is 10.0 Å². The lowest BCUT2D eigenvalue weighted by atomic mass is 10.0. The molecule has 1 heterocycles. The van der Waals surface area contributed by atoms with Crippen LogP contribution in [0.15, 0.2) is 23.1 Å². The first-order valence-corrected chi connectivity index (χ1v) is 8.12. The minimum Gasteiger partial charge on any atom is -0.399 e. The Kier molecular flexibility index (Phi) is 3.80. The molecule has 21 heavy (non-hydrogen) atoms. The molecule has 1 aromatic rings. The Morgan fingerprint density at radius 1 is 1.19 bits per heavy atom. The highest BCUT2D eigenvalue weighted by Crippen LogP contribution is 2.32. The van der Waals surface area contributed by atoms with Crippen LogP contribution in [0.4, 0.5) is 10.1 Å². The molecule has 0 bridgehead atoms. The van der Waals surface area contributed by atoms with Crippen molar-refractivity contribution in [3.8, 4) is 0 Å². The third-order valence-corrected chi connectivity index (χ3v) is 5.07. The molecule has 118 valence electrons. The fourth-order valence-electron chi connectivity index (χ4n) is 2.75. The normalized spacial score (nSPS) is 22.1. The van der Waals surface area contributed by atoms with Crippen LogP contribution < -0.4 is 5.73 Å². The largest absolute Gasteiger partial charge is 0.399 e. The molecule has 0 aliphatic carbocycles. The average Bonchev–Trinajstić information content (AvgIpc) is 2.23. The van der Waals surface area contributed by atoms with Gasteiger partial charge in [0.1, 0.15) is 10.7 Å². The van der Waals surface area contributed by atoms with Gasteiger partial charge in [-0.05, 0) is 45.9 Å². The van der Waals surface area contributed by atoms with E-state index in [1.54, 1.807) is 0 Å². The molecule has 0 radical (unpaired) electrons. The molecule has 0 unspecified atom stereocenters. The van der Waals surface area contributed by atoms with Crippen LogP contribution in [-0.2, 0) is 14.8 Å². The zero-order chi connectivity index (χ0) is 16.1. The highest BCUT2D eigenvalue weighted by atomic mass is 32.2. The van der Waals surface area contributed by atoms with Gasteiger partial charge in [0.15, 0.2) is 0 Å². The number of benzene rings is 1. The summed E-state index contributed by atoms with van der Waals surface area (Å²) in [5.74, 6) is -0.836. The van der Waals surface area contributed by atoms with Crippen molar-refractivity contribution >= 4 is 15.7 Å². The van der Waals surface area contributed by atoms with Crippen molar-refractivity contribution in [1.82, 2.24) is 4.31 Å². The highest BCUT2D eigenvalue weighted by Gasteiger charge is 2.43. The predicted molar refractivity (Wildman–Crippen MR) is 78.8 cm³/mol. The van der Waals surface area contributed by atoms with Crippen LogP contribution in [0.2, 0.25) is 0 Å². The van der Waals surface area contributed by atoms with E-state index in [9.17, 15) is 12.8 Å². The first-order chi connectivity index (χ1) is 9.43. The SMILES string of the molecule is CC1(C)CN(S(=O)(=O)c2ccc(N)cc2F)CC(C)(C)O1. The molecule has 1 fully saturated rings. The molecule has 2 N–H and O–H groups in total. The molecule has 1 aliphatic rings. The summed E-state index contributed by atoms with van der Waals surface area (Å²) in [5.41, 5.74) is 4.38. The smallest absolute Gasteiger partial charge is 0.246 e. The van der Waals surface area contributed by atoms with Crippen LogP contribution in [0.3, 0.4) is 0 Å². The summed E-state index contributed by atoms with van der Waals surface area (Å²) in [6.07, 6.45) is 0. The highest BCUT2D eigenvalue weighted by molar-refractivity contribution is 7.89. The molecule has 1 aliphatic heterocycles. The van der Waals surface area contributed by atoms with Crippen molar-refractivity contribution in [3.05, 3.63) is 24.0 Å². The molecule has 0 atom stereocenters. The molecule has 0 saturated carbocycles. The number of nitrogens with zero attached hydrogens (tertiary/aromatic N) is 1. The van der Waals surface area contributed by atoms with Gasteiger partial charge in [0, 0.05) is 18.8 Å². The molecule has 5 nitrogen and oxygen atoms in total. The minimum absolute atomic E-state index is 0.169. The van der Waals surface area contributed by atoms with E-state index >= 15 is 0 Å². The first-order valence-electron chi connectivity index (χ1n) is 6.68. The summed E-state index contributed by atoms with van der Waals surface area (Å²) in [4.78, 5) is -0.356. The van der Waals surface area contributed by atoms with Crippen molar-refractivity contribution in [2.75, 3.05) is 18.8 Å². The topological polar surface area (TPSA) is 72.6 Å². The molecular weight excluding hydrogens is 295 g/mol. The van der Waals surface area contributed by atoms with Gasteiger partial charge >= 0.3 is 0 Å². The molecular formula is C14H21FN2O3S. The van der Waals surface area contributed by atoms with E-state index in [4.69, 9.17) is 10.5 Å². The second-order valence-corrected chi connectivity index (χ2v) is 8.49.